The molecule has 0 amide bonds. The Morgan fingerprint density at radius 2 is 1.50 bits per heavy atom. The third-order valence-electron chi connectivity index (χ3n) is 4.41. The van der Waals surface area contributed by atoms with E-state index in [4.69, 9.17) is 0 Å². The van der Waals surface area contributed by atoms with Crippen molar-refractivity contribution in [2.45, 2.75) is 20.8 Å². The Bertz CT molecular complexity index is 800. The van der Waals surface area contributed by atoms with Crippen LogP contribution in [0.4, 0.5) is 0 Å². The van der Waals surface area contributed by atoms with Crippen LogP contribution in [-0.2, 0) is 7.05 Å². The first-order valence-electron chi connectivity index (χ1n) is 7.04. The van der Waals surface area contributed by atoms with Gasteiger partial charge in [-0.3, -0.25) is 0 Å². The van der Waals surface area contributed by atoms with Crippen molar-refractivity contribution in [3.8, 4) is 11.3 Å². The average Bonchev–Trinajstić information content (AvgIpc) is 2.47. The van der Waals surface area contributed by atoms with Gasteiger partial charge >= 0.3 is 0 Å². The van der Waals surface area contributed by atoms with Crippen LogP contribution in [0.2, 0.25) is 0 Å². The van der Waals surface area contributed by atoms with Crippen LogP contribution in [-0.4, -0.2) is 0 Å². The molecule has 0 aliphatic carbocycles. The lowest BCUT2D eigenvalue weighted by atomic mass is 9.96. The van der Waals surface area contributed by atoms with Gasteiger partial charge in [0, 0.05) is 23.1 Å². The number of rotatable bonds is 1. The van der Waals surface area contributed by atoms with Crippen molar-refractivity contribution in [3.63, 3.8) is 0 Å². The van der Waals surface area contributed by atoms with Crippen LogP contribution < -0.4 is 4.57 Å². The molecule has 20 heavy (non-hydrogen) atoms. The molecule has 0 atom stereocenters. The van der Waals surface area contributed by atoms with Gasteiger partial charge < -0.3 is 0 Å². The van der Waals surface area contributed by atoms with E-state index in [0.717, 1.165) is 0 Å². The minimum Gasteiger partial charge on any atom is -0.194 e. The summed E-state index contributed by atoms with van der Waals surface area (Å²) in [6.45, 7) is 6.59. The molecule has 0 N–H and O–H groups in total. The van der Waals surface area contributed by atoms with E-state index in [9.17, 15) is 0 Å². The predicted molar refractivity (Wildman–Crippen MR) is 84.8 cm³/mol. The molecule has 0 saturated carbocycles. The molecule has 100 valence electrons. The summed E-state index contributed by atoms with van der Waals surface area (Å²) in [5.41, 5.74) is 7.97. The molecule has 0 fully saturated rings. The van der Waals surface area contributed by atoms with E-state index in [0.29, 0.717) is 0 Å². The highest BCUT2D eigenvalue weighted by atomic mass is 14.9. The van der Waals surface area contributed by atoms with Gasteiger partial charge in [0.15, 0.2) is 0 Å². The van der Waals surface area contributed by atoms with Crippen LogP contribution in [0.15, 0.2) is 48.5 Å². The lowest BCUT2D eigenvalue weighted by Gasteiger charge is -2.10. The highest BCUT2D eigenvalue weighted by Crippen LogP contribution is 2.26. The SMILES string of the molecule is Cc1ccc(-c2ccc3ccccc3[n+]2C)c(C)c1C. The molecule has 3 aromatic rings. The van der Waals surface area contributed by atoms with Crippen molar-refractivity contribution in [2.24, 2.45) is 7.05 Å². The van der Waals surface area contributed by atoms with Gasteiger partial charge in [0.05, 0.1) is 0 Å². The molecule has 1 heteroatoms. The molecule has 0 spiro atoms. The molecule has 3 rings (SSSR count). The fraction of sp³-hybridized carbons (Fsp3) is 0.211. The highest BCUT2D eigenvalue weighted by molar-refractivity contribution is 5.78. The molecule has 0 aliphatic heterocycles. The molecule has 0 aliphatic rings. The number of para-hydroxylation sites is 1. The maximum atomic E-state index is 2.28. The van der Waals surface area contributed by atoms with Crippen LogP contribution in [0.3, 0.4) is 0 Å². The third-order valence-corrected chi connectivity index (χ3v) is 4.41. The largest absolute Gasteiger partial charge is 0.213 e. The van der Waals surface area contributed by atoms with Crippen LogP contribution in [0, 0.1) is 20.8 Å². The van der Waals surface area contributed by atoms with Crippen molar-refractivity contribution in [1.29, 1.82) is 0 Å². The smallest absolute Gasteiger partial charge is 0.194 e. The topological polar surface area (TPSA) is 3.88 Å². The second-order valence-corrected chi connectivity index (χ2v) is 5.52. The average molecular weight is 262 g/mol. The molecule has 0 bridgehead atoms. The van der Waals surface area contributed by atoms with Crippen LogP contribution in [0.1, 0.15) is 16.7 Å². The maximum absolute atomic E-state index is 2.28. The van der Waals surface area contributed by atoms with Gasteiger partial charge in [-0.15, -0.1) is 0 Å². The summed E-state index contributed by atoms with van der Waals surface area (Å²) in [7, 11) is 2.15. The summed E-state index contributed by atoms with van der Waals surface area (Å²) in [4.78, 5) is 0. The number of aryl methyl sites for hydroxylation is 2. The van der Waals surface area contributed by atoms with Gasteiger partial charge in [0.25, 0.3) is 0 Å². The van der Waals surface area contributed by atoms with Gasteiger partial charge in [-0.1, -0.05) is 18.2 Å². The first-order valence-corrected chi connectivity index (χ1v) is 7.04. The maximum Gasteiger partial charge on any atom is 0.213 e. The van der Waals surface area contributed by atoms with Gasteiger partial charge in [-0.05, 0) is 55.7 Å². The summed E-state index contributed by atoms with van der Waals surface area (Å²) in [6.07, 6.45) is 0. The van der Waals surface area contributed by atoms with Crippen molar-refractivity contribution >= 4 is 10.9 Å². The number of nitrogens with zero attached hydrogens (tertiary/aromatic N) is 1. The normalized spacial score (nSPS) is 11.0. The minimum absolute atomic E-state index is 1.27. The van der Waals surface area contributed by atoms with Gasteiger partial charge in [0.2, 0.25) is 11.2 Å². The monoisotopic (exact) mass is 262 g/mol. The number of aromatic nitrogens is 1. The molecule has 1 nitrogen and oxygen atoms in total. The summed E-state index contributed by atoms with van der Waals surface area (Å²) in [5, 5.41) is 1.28. The van der Waals surface area contributed by atoms with Gasteiger partial charge in [0.1, 0.15) is 7.05 Å². The third kappa shape index (κ3) is 1.90. The predicted octanol–water partition coefficient (Wildman–Crippen LogP) is 4.26. The van der Waals surface area contributed by atoms with Gasteiger partial charge in [-0.2, -0.15) is 4.57 Å². The Balaban J connectivity index is 2.30. The number of pyridine rings is 1. The van der Waals surface area contributed by atoms with Gasteiger partial charge in [-0.25, -0.2) is 0 Å². The standard InChI is InChI=1S/C19H20N/c1-13-9-11-17(15(3)14(13)2)19-12-10-16-7-5-6-8-18(16)20(19)4/h5-12H,1-4H3/q+1. The van der Waals surface area contributed by atoms with Crippen LogP contribution in [0.25, 0.3) is 22.2 Å². The first kappa shape index (κ1) is 12.9. The quantitative estimate of drug-likeness (QED) is 0.577. The number of hydrogen-bond acceptors (Lipinski definition) is 0. The van der Waals surface area contributed by atoms with Crippen LogP contribution >= 0.6 is 0 Å². The molecule has 2 aromatic carbocycles. The van der Waals surface area contributed by atoms with E-state index in [2.05, 4.69) is 80.9 Å². The molecular weight excluding hydrogens is 242 g/mol. The number of benzene rings is 2. The molecule has 0 radical (unpaired) electrons. The van der Waals surface area contributed by atoms with E-state index < -0.39 is 0 Å². The first-order chi connectivity index (χ1) is 9.59. The zero-order valence-corrected chi connectivity index (χ0v) is 12.6. The lowest BCUT2D eigenvalue weighted by Crippen LogP contribution is -2.32. The highest BCUT2D eigenvalue weighted by Gasteiger charge is 2.16. The van der Waals surface area contributed by atoms with Crippen molar-refractivity contribution < 1.29 is 4.57 Å². The van der Waals surface area contributed by atoms with E-state index in [1.807, 2.05) is 0 Å². The Kier molecular flexibility index (Phi) is 3.06. The van der Waals surface area contributed by atoms with E-state index in [1.165, 1.54) is 38.9 Å². The number of hydrogen-bond donors (Lipinski definition) is 0. The second kappa shape index (κ2) is 4.75. The fourth-order valence-corrected chi connectivity index (χ4v) is 2.85. The fourth-order valence-electron chi connectivity index (χ4n) is 2.85. The second-order valence-electron chi connectivity index (χ2n) is 5.52. The van der Waals surface area contributed by atoms with E-state index in [-0.39, 0.29) is 0 Å². The number of fused-ring (bicyclic) bond motifs is 1. The summed E-state index contributed by atoms with van der Waals surface area (Å²) >= 11 is 0. The summed E-state index contributed by atoms with van der Waals surface area (Å²) in [6, 6.07) is 17.4. The van der Waals surface area contributed by atoms with E-state index in [1.54, 1.807) is 0 Å². The minimum atomic E-state index is 1.27. The molecule has 0 unspecified atom stereocenters. The Labute approximate surface area is 120 Å². The molecule has 1 aromatic heterocycles. The summed E-state index contributed by atoms with van der Waals surface area (Å²) < 4.78 is 2.28. The summed E-state index contributed by atoms with van der Waals surface area (Å²) in [5.74, 6) is 0. The van der Waals surface area contributed by atoms with Crippen molar-refractivity contribution in [1.82, 2.24) is 0 Å². The van der Waals surface area contributed by atoms with Crippen molar-refractivity contribution in [2.75, 3.05) is 0 Å². The molecule has 0 saturated heterocycles. The van der Waals surface area contributed by atoms with E-state index >= 15 is 0 Å². The molecule has 1 heterocycles. The zero-order valence-electron chi connectivity index (χ0n) is 12.6. The lowest BCUT2D eigenvalue weighted by molar-refractivity contribution is -0.633. The zero-order chi connectivity index (χ0) is 14.3. The Morgan fingerprint density at radius 3 is 2.30 bits per heavy atom. The van der Waals surface area contributed by atoms with Crippen LogP contribution in [0.5, 0.6) is 0 Å². The Morgan fingerprint density at radius 1 is 0.750 bits per heavy atom. The van der Waals surface area contributed by atoms with Crippen molar-refractivity contribution in [3.05, 3.63) is 65.2 Å². The molecular formula is C19H20N+. The Hall–Kier alpha value is -2.15.